The average molecular weight is 256 g/mol. The van der Waals surface area contributed by atoms with Crippen molar-refractivity contribution in [2.24, 2.45) is 0 Å². The minimum absolute atomic E-state index is 0.160. The fourth-order valence-corrected chi connectivity index (χ4v) is 2.26. The molecular weight excluding hydrogens is 236 g/mol. The second-order valence-corrected chi connectivity index (χ2v) is 5.07. The van der Waals surface area contributed by atoms with Crippen LogP contribution in [0.25, 0.3) is 10.9 Å². The van der Waals surface area contributed by atoms with E-state index >= 15 is 0 Å². The average Bonchev–Trinajstić information content (AvgIpc) is 2.78. The van der Waals surface area contributed by atoms with Crippen molar-refractivity contribution < 1.29 is 4.79 Å². The number of para-hydroxylation sites is 1. The molecule has 0 aliphatic carbocycles. The van der Waals surface area contributed by atoms with Crippen LogP contribution in [0.3, 0.4) is 0 Å². The van der Waals surface area contributed by atoms with E-state index in [1.807, 2.05) is 38.4 Å². The van der Waals surface area contributed by atoms with Crippen LogP contribution in [0.15, 0.2) is 42.6 Å². The van der Waals surface area contributed by atoms with Crippen molar-refractivity contribution in [1.82, 2.24) is 9.88 Å². The lowest BCUT2D eigenvalue weighted by Crippen LogP contribution is -2.28. The molecule has 1 N–H and O–H groups in total. The number of nitrogens with zero attached hydrogens (tertiary/aromatic N) is 1. The van der Waals surface area contributed by atoms with Crippen LogP contribution < -0.4 is 0 Å². The number of likely N-dealkylation sites (N-methyl/N-ethyl adjacent to an activating group) is 1. The number of aromatic nitrogens is 1. The summed E-state index contributed by atoms with van der Waals surface area (Å²) in [7, 11) is 1.83. The molecule has 1 aromatic carbocycles. The first-order chi connectivity index (χ1) is 9.08. The predicted octanol–water partition coefficient (Wildman–Crippen LogP) is 3.14. The Kier molecular flexibility index (Phi) is 4.05. The Balaban J connectivity index is 1.99. The van der Waals surface area contributed by atoms with Crippen molar-refractivity contribution in [2.75, 3.05) is 13.6 Å². The van der Waals surface area contributed by atoms with Crippen LogP contribution in [-0.4, -0.2) is 29.4 Å². The van der Waals surface area contributed by atoms with Gasteiger partial charge in [-0.05, 0) is 25.0 Å². The third kappa shape index (κ3) is 3.25. The van der Waals surface area contributed by atoms with E-state index in [1.165, 1.54) is 10.9 Å². The summed E-state index contributed by atoms with van der Waals surface area (Å²) in [6, 6.07) is 8.17. The minimum atomic E-state index is 0.160. The molecule has 100 valence electrons. The summed E-state index contributed by atoms with van der Waals surface area (Å²) in [5.74, 6) is 0.160. The third-order valence-electron chi connectivity index (χ3n) is 3.22. The first-order valence-electron chi connectivity index (χ1n) is 6.51. The standard InChI is InChI=1S/C16H20N2O/c1-12(2)11-18(3)16(19)9-8-13-10-17-15-7-5-4-6-14(13)15/h4-7,10,17H,1,8-9,11H2,2-3H3. The molecule has 0 saturated heterocycles. The van der Waals surface area contributed by atoms with Crippen molar-refractivity contribution >= 4 is 16.8 Å². The van der Waals surface area contributed by atoms with Gasteiger partial charge in [-0.1, -0.05) is 30.4 Å². The zero-order valence-electron chi connectivity index (χ0n) is 11.6. The highest BCUT2D eigenvalue weighted by Gasteiger charge is 2.10. The van der Waals surface area contributed by atoms with Gasteiger partial charge in [-0.3, -0.25) is 4.79 Å². The van der Waals surface area contributed by atoms with E-state index in [2.05, 4.69) is 17.6 Å². The van der Waals surface area contributed by atoms with E-state index in [1.54, 1.807) is 4.90 Å². The molecule has 3 nitrogen and oxygen atoms in total. The highest BCUT2D eigenvalue weighted by atomic mass is 16.2. The molecule has 0 saturated carbocycles. The first kappa shape index (κ1) is 13.4. The Morgan fingerprint density at radius 2 is 2.11 bits per heavy atom. The summed E-state index contributed by atoms with van der Waals surface area (Å²) in [6.45, 7) is 6.40. The number of hydrogen-bond donors (Lipinski definition) is 1. The smallest absolute Gasteiger partial charge is 0.222 e. The zero-order chi connectivity index (χ0) is 13.8. The van der Waals surface area contributed by atoms with Crippen LogP contribution in [0.4, 0.5) is 0 Å². The van der Waals surface area contributed by atoms with Gasteiger partial charge in [0.05, 0.1) is 0 Å². The number of nitrogens with one attached hydrogen (secondary N) is 1. The molecule has 2 rings (SSSR count). The molecule has 0 bridgehead atoms. The van der Waals surface area contributed by atoms with Gasteiger partial charge in [0.15, 0.2) is 0 Å². The zero-order valence-corrected chi connectivity index (χ0v) is 11.6. The summed E-state index contributed by atoms with van der Waals surface area (Å²) in [5.41, 5.74) is 3.33. The number of carbonyl (C=O) groups is 1. The van der Waals surface area contributed by atoms with Crippen LogP contribution in [0.1, 0.15) is 18.9 Å². The Labute approximate surface area is 113 Å². The van der Waals surface area contributed by atoms with Crippen molar-refractivity contribution in [3.05, 3.63) is 48.2 Å². The maximum absolute atomic E-state index is 12.0. The second-order valence-electron chi connectivity index (χ2n) is 5.07. The lowest BCUT2D eigenvalue weighted by atomic mass is 10.1. The number of carbonyl (C=O) groups excluding carboxylic acids is 1. The van der Waals surface area contributed by atoms with E-state index < -0.39 is 0 Å². The SMILES string of the molecule is C=C(C)CN(C)C(=O)CCc1c[nH]c2ccccc12. The van der Waals surface area contributed by atoms with E-state index in [0.717, 1.165) is 17.5 Å². The molecule has 1 aromatic heterocycles. The molecule has 0 unspecified atom stereocenters. The van der Waals surface area contributed by atoms with Crippen LogP contribution >= 0.6 is 0 Å². The lowest BCUT2D eigenvalue weighted by molar-refractivity contribution is -0.129. The summed E-state index contributed by atoms with van der Waals surface area (Å²) >= 11 is 0. The topological polar surface area (TPSA) is 36.1 Å². The fraction of sp³-hybridized carbons (Fsp3) is 0.312. The van der Waals surface area contributed by atoms with Gasteiger partial charge in [-0.2, -0.15) is 0 Å². The Bertz CT molecular complexity index is 598. The molecule has 19 heavy (non-hydrogen) atoms. The van der Waals surface area contributed by atoms with Gasteiger partial charge < -0.3 is 9.88 Å². The van der Waals surface area contributed by atoms with Gasteiger partial charge in [0.2, 0.25) is 5.91 Å². The molecule has 0 fully saturated rings. The summed E-state index contributed by atoms with van der Waals surface area (Å²) < 4.78 is 0. The van der Waals surface area contributed by atoms with Gasteiger partial charge in [0.1, 0.15) is 0 Å². The number of hydrogen-bond acceptors (Lipinski definition) is 1. The number of benzene rings is 1. The maximum atomic E-state index is 12.0. The van der Waals surface area contributed by atoms with Gasteiger partial charge in [-0.15, -0.1) is 0 Å². The lowest BCUT2D eigenvalue weighted by Gasteiger charge is -2.16. The normalized spacial score (nSPS) is 10.6. The first-order valence-corrected chi connectivity index (χ1v) is 6.51. The Hall–Kier alpha value is -2.03. The van der Waals surface area contributed by atoms with Crippen LogP contribution in [0.5, 0.6) is 0 Å². The van der Waals surface area contributed by atoms with Gasteiger partial charge in [0, 0.05) is 37.1 Å². The Morgan fingerprint density at radius 3 is 2.84 bits per heavy atom. The van der Waals surface area contributed by atoms with E-state index in [0.29, 0.717) is 13.0 Å². The molecule has 2 aromatic rings. The highest BCUT2D eigenvalue weighted by Crippen LogP contribution is 2.19. The third-order valence-corrected chi connectivity index (χ3v) is 3.22. The number of aromatic amines is 1. The molecule has 0 radical (unpaired) electrons. The number of amides is 1. The van der Waals surface area contributed by atoms with Crippen molar-refractivity contribution in [1.29, 1.82) is 0 Å². The van der Waals surface area contributed by atoms with Crippen molar-refractivity contribution in [3.63, 3.8) is 0 Å². The molecular formula is C16H20N2O. The largest absolute Gasteiger partial charge is 0.361 e. The monoisotopic (exact) mass is 256 g/mol. The second kappa shape index (κ2) is 5.74. The van der Waals surface area contributed by atoms with Crippen LogP contribution in [0.2, 0.25) is 0 Å². The van der Waals surface area contributed by atoms with E-state index in [4.69, 9.17) is 0 Å². The number of rotatable bonds is 5. The van der Waals surface area contributed by atoms with Gasteiger partial charge in [-0.25, -0.2) is 0 Å². The number of aryl methyl sites for hydroxylation is 1. The molecule has 1 amide bonds. The van der Waals surface area contributed by atoms with Gasteiger partial charge >= 0.3 is 0 Å². The van der Waals surface area contributed by atoms with E-state index in [9.17, 15) is 4.79 Å². The maximum Gasteiger partial charge on any atom is 0.222 e. The minimum Gasteiger partial charge on any atom is -0.361 e. The van der Waals surface area contributed by atoms with Crippen molar-refractivity contribution in [3.8, 4) is 0 Å². The summed E-state index contributed by atoms with van der Waals surface area (Å²) in [6.07, 6.45) is 3.30. The number of fused-ring (bicyclic) bond motifs is 1. The van der Waals surface area contributed by atoms with Gasteiger partial charge in [0.25, 0.3) is 0 Å². The quantitative estimate of drug-likeness (QED) is 0.820. The molecule has 1 heterocycles. The molecule has 0 aliphatic heterocycles. The van der Waals surface area contributed by atoms with Crippen molar-refractivity contribution in [2.45, 2.75) is 19.8 Å². The fourth-order valence-electron chi connectivity index (χ4n) is 2.26. The summed E-state index contributed by atoms with van der Waals surface area (Å²) in [5, 5.41) is 1.21. The highest BCUT2D eigenvalue weighted by molar-refractivity contribution is 5.84. The Morgan fingerprint density at radius 1 is 1.37 bits per heavy atom. The predicted molar refractivity (Wildman–Crippen MR) is 79.1 cm³/mol. The van der Waals surface area contributed by atoms with Crippen LogP contribution in [0, 0.1) is 0 Å². The molecule has 0 aliphatic rings. The van der Waals surface area contributed by atoms with Crippen LogP contribution in [-0.2, 0) is 11.2 Å². The molecule has 0 atom stereocenters. The number of H-pyrrole nitrogens is 1. The summed E-state index contributed by atoms with van der Waals surface area (Å²) in [4.78, 5) is 17.0. The molecule has 0 spiro atoms. The van der Waals surface area contributed by atoms with E-state index in [-0.39, 0.29) is 5.91 Å². The molecule has 3 heteroatoms.